The van der Waals surface area contributed by atoms with E-state index in [9.17, 15) is 4.79 Å². The Hall–Kier alpha value is -0.940. The maximum Gasteiger partial charge on any atom is 0.255 e. The van der Waals surface area contributed by atoms with E-state index in [4.69, 9.17) is 17.3 Å². The number of thioether (sulfide) groups is 1. The van der Waals surface area contributed by atoms with Crippen molar-refractivity contribution >= 4 is 35.1 Å². The van der Waals surface area contributed by atoms with Crippen molar-refractivity contribution in [2.45, 2.75) is 13.0 Å². The molecule has 92 valence electrons. The number of hydrogen-bond donors (Lipinski definition) is 1. The SMILES string of the molecule is CC1CSCCN1C(=O)c1cc(N)ncc1Cl. The molecule has 0 aliphatic carbocycles. The summed E-state index contributed by atoms with van der Waals surface area (Å²) in [5.74, 6) is 2.19. The van der Waals surface area contributed by atoms with Gasteiger partial charge in [-0.05, 0) is 13.0 Å². The fourth-order valence-corrected chi connectivity index (χ4v) is 3.00. The minimum absolute atomic E-state index is 0.0584. The highest BCUT2D eigenvalue weighted by atomic mass is 35.5. The number of carbonyl (C=O) groups excluding carboxylic acids is 1. The van der Waals surface area contributed by atoms with E-state index in [0.717, 1.165) is 18.1 Å². The molecule has 4 nitrogen and oxygen atoms in total. The van der Waals surface area contributed by atoms with Crippen LogP contribution in [0.5, 0.6) is 0 Å². The van der Waals surface area contributed by atoms with Gasteiger partial charge >= 0.3 is 0 Å². The second kappa shape index (κ2) is 5.14. The van der Waals surface area contributed by atoms with Crippen molar-refractivity contribution in [2.75, 3.05) is 23.8 Å². The Bertz CT molecular complexity index is 441. The summed E-state index contributed by atoms with van der Waals surface area (Å²) in [7, 11) is 0. The minimum Gasteiger partial charge on any atom is -0.384 e. The van der Waals surface area contributed by atoms with Crippen molar-refractivity contribution in [1.29, 1.82) is 0 Å². The third-order valence-electron chi connectivity index (χ3n) is 2.74. The lowest BCUT2D eigenvalue weighted by Gasteiger charge is -2.33. The van der Waals surface area contributed by atoms with Crippen LogP contribution in [0.3, 0.4) is 0 Å². The summed E-state index contributed by atoms with van der Waals surface area (Å²) in [6.45, 7) is 2.80. The molecule has 0 saturated carbocycles. The van der Waals surface area contributed by atoms with Gasteiger partial charge in [-0.25, -0.2) is 4.98 Å². The quantitative estimate of drug-likeness (QED) is 0.847. The highest BCUT2D eigenvalue weighted by Gasteiger charge is 2.26. The van der Waals surface area contributed by atoms with Crippen LogP contribution in [0, 0.1) is 0 Å². The monoisotopic (exact) mass is 271 g/mol. The zero-order valence-electron chi connectivity index (χ0n) is 9.52. The largest absolute Gasteiger partial charge is 0.384 e. The maximum atomic E-state index is 12.3. The standard InChI is InChI=1S/C11H14ClN3OS/c1-7-6-17-3-2-15(7)11(16)8-4-10(13)14-5-9(8)12/h4-5,7H,2-3,6H2,1H3,(H2,13,14). The number of nitrogens with zero attached hydrogens (tertiary/aromatic N) is 2. The van der Waals surface area contributed by atoms with Crippen LogP contribution in [0.25, 0.3) is 0 Å². The molecule has 1 aliphatic heterocycles. The third-order valence-corrected chi connectivity index (χ3v) is 4.23. The van der Waals surface area contributed by atoms with E-state index in [-0.39, 0.29) is 11.9 Å². The maximum absolute atomic E-state index is 12.3. The summed E-state index contributed by atoms with van der Waals surface area (Å²) in [6, 6.07) is 1.77. The Morgan fingerprint density at radius 1 is 1.71 bits per heavy atom. The first-order valence-corrected chi connectivity index (χ1v) is 6.92. The lowest BCUT2D eigenvalue weighted by atomic mass is 10.2. The van der Waals surface area contributed by atoms with Gasteiger partial charge in [0, 0.05) is 30.3 Å². The molecule has 1 atom stereocenters. The lowest BCUT2D eigenvalue weighted by molar-refractivity contribution is 0.0716. The van der Waals surface area contributed by atoms with Crippen LogP contribution in [-0.4, -0.2) is 39.9 Å². The van der Waals surface area contributed by atoms with Crippen molar-refractivity contribution in [3.05, 3.63) is 22.8 Å². The Balaban J connectivity index is 2.26. The summed E-state index contributed by atoms with van der Waals surface area (Å²) < 4.78 is 0. The van der Waals surface area contributed by atoms with Crippen LogP contribution in [0.4, 0.5) is 5.82 Å². The highest BCUT2D eigenvalue weighted by molar-refractivity contribution is 7.99. The number of halogens is 1. The highest BCUT2D eigenvalue weighted by Crippen LogP contribution is 2.23. The molecule has 0 bridgehead atoms. The van der Waals surface area contributed by atoms with Crippen molar-refractivity contribution < 1.29 is 4.79 Å². The third kappa shape index (κ3) is 2.66. The van der Waals surface area contributed by atoms with E-state index in [2.05, 4.69) is 4.98 Å². The van der Waals surface area contributed by atoms with Crippen LogP contribution in [0.15, 0.2) is 12.3 Å². The molecular formula is C11H14ClN3OS. The topological polar surface area (TPSA) is 59.2 Å². The smallest absolute Gasteiger partial charge is 0.255 e. The number of nitrogen functional groups attached to an aromatic ring is 1. The fourth-order valence-electron chi connectivity index (χ4n) is 1.80. The lowest BCUT2D eigenvalue weighted by Crippen LogP contribution is -2.44. The molecule has 2 heterocycles. The second-order valence-corrected chi connectivity index (χ2v) is 5.57. The first kappa shape index (κ1) is 12.5. The molecule has 1 aliphatic rings. The summed E-state index contributed by atoms with van der Waals surface area (Å²) in [6.07, 6.45) is 1.42. The van der Waals surface area contributed by atoms with Gasteiger partial charge in [0.05, 0.1) is 10.6 Å². The molecule has 2 N–H and O–H groups in total. The van der Waals surface area contributed by atoms with Gasteiger partial charge in [0.1, 0.15) is 5.82 Å². The van der Waals surface area contributed by atoms with Gasteiger partial charge in [-0.15, -0.1) is 0 Å². The van der Waals surface area contributed by atoms with Crippen molar-refractivity contribution in [3.8, 4) is 0 Å². The molecule has 17 heavy (non-hydrogen) atoms. The van der Waals surface area contributed by atoms with E-state index >= 15 is 0 Å². The van der Waals surface area contributed by atoms with Gasteiger partial charge in [0.15, 0.2) is 0 Å². The van der Waals surface area contributed by atoms with Crippen LogP contribution in [-0.2, 0) is 0 Å². The molecule has 6 heteroatoms. The summed E-state index contributed by atoms with van der Waals surface area (Å²) in [4.78, 5) is 18.0. The second-order valence-electron chi connectivity index (χ2n) is 4.01. The molecule has 0 radical (unpaired) electrons. The summed E-state index contributed by atoms with van der Waals surface area (Å²) in [5, 5.41) is 0.356. The predicted molar refractivity (Wildman–Crippen MR) is 71.5 cm³/mol. The van der Waals surface area contributed by atoms with Crippen LogP contribution in [0.1, 0.15) is 17.3 Å². The Kier molecular flexibility index (Phi) is 3.79. The Morgan fingerprint density at radius 2 is 2.47 bits per heavy atom. The molecule has 0 spiro atoms. The van der Waals surface area contributed by atoms with Gasteiger partial charge in [-0.3, -0.25) is 4.79 Å². The zero-order valence-corrected chi connectivity index (χ0v) is 11.1. The first-order valence-electron chi connectivity index (χ1n) is 5.39. The molecule has 0 aromatic carbocycles. The molecule has 1 fully saturated rings. The van der Waals surface area contributed by atoms with E-state index < -0.39 is 0 Å². The van der Waals surface area contributed by atoms with Crippen LogP contribution >= 0.6 is 23.4 Å². The van der Waals surface area contributed by atoms with Gasteiger partial charge in [-0.1, -0.05) is 11.6 Å². The zero-order chi connectivity index (χ0) is 12.4. The van der Waals surface area contributed by atoms with Crippen molar-refractivity contribution in [2.24, 2.45) is 0 Å². The van der Waals surface area contributed by atoms with Crippen molar-refractivity contribution in [1.82, 2.24) is 9.88 Å². The average molecular weight is 272 g/mol. The van der Waals surface area contributed by atoms with Gasteiger partial charge in [0.25, 0.3) is 5.91 Å². The number of nitrogens with two attached hydrogens (primary N) is 1. The van der Waals surface area contributed by atoms with E-state index in [0.29, 0.717) is 16.4 Å². The first-order chi connectivity index (χ1) is 8.09. The molecule has 1 saturated heterocycles. The number of rotatable bonds is 1. The molecule has 2 rings (SSSR count). The van der Waals surface area contributed by atoms with Crippen LogP contribution < -0.4 is 5.73 Å². The number of aromatic nitrogens is 1. The Morgan fingerprint density at radius 3 is 3.18 bits per heavy atom. The number of pyridine rings is 1. The molecular weight excluding hydrogens is 258 g/mol. The molecule has 1 unspecified atom stereocenters. The van der Waals surface area contributed by atoms with Gasteiger partial charge in [0.2, 0.25) is 0 Å². The normalized spacial score (nSPS) is 20.4. The molecule has 1 amide bonds. The van der Waals surface area contributed by atoms with Gasteiger partial charge < -0.3 is 10.6 Å². The predicted octanol–water partition coefficient (Wildman–Crippen LogP) is 1.89. The van der Waals surface area contributed by atoms with Crippen molar-refractivity contribution in [3.63, 3.8) is 0 Å². The van der Waals surface area contributed by atoms with Gasteiger partial charge in [-0.2, -0.15) is 11.8 Å². The molecule has 1 aromatic heterocycles. The number of amides is 1. The van der Waals surface area contributed by atoms with Crippen LogP contribution in [0.2, 0.25) is 5.02 Å². The van der Waals surface area contributed by atoms with E-state index in [1.807, 2.05) is 23.6 Å². The fraction of sp³-hybridized carbons (Fsp3) is 0.455. The Labute approximate surface area is 110 Å². The summed E-state index contributed by atoms with van der Waals surface area (Å²) in [5.41, 5.74) is 6.03. The average Bonchev–Trinajstić information content (AvgIpc) is 2.32. The number of carbonyl (C=O) groups is 1. The van der Waals surface area contributed by atoms with E-state index in [1.54, 1.807) is 6.07 Å². The van der Waals surface area contributed by atoms with E-state index in [1.165, 1.54) is 6.20 Å². The molecule has 1 aromatic rings. The number of hydrogen-bond acceptors (Lipinski definition) is 4. The minimum atomic E-state index is -0.0584. The summed E-state index contributed by atoms with van der Waals surface area (Å²) >= 11 is 7.85. The number of anilines is 1.